The molecule has 24 heavy (non-hydrogen) atoms. The lowest BCUT2D eigenvalue weighted by molar-refractivity contribution is 0.310. The number of nitrogens with one attached hydrogen (secondary N) is 1. The van der Waals surface area contributed by atoms with E-state index in [0.29, 0.717) is 23.0 Å². The molecule has 0 saturated carbocycles. The second-order valence-corrected chi connectivity index (χ2v) is 6.90. The Morgan fingerprint density at radius 3 is 2.58 bits per heavy atom. The van der Waals surface area contributed by atoms with Crippen molar-refractivity contribution < 1.29 is 5.11 Å². The highest BCUT2D eigenvalue weighted by molar-refractivity contribution is 7.19. The molecule has 4 nitrogen and oxygen atoms in total. The molecule has 2 N–H and O–H groups in total. The summed E-state index contributed by atoms with van der Waals surface area (Å²) in [7, 11) is 0. The molecule has 120 valence electrons. The fraction of sp³-hybridized carbons (Fsp3) is 0.158. The molecule has 0 unspecified atom stereocenters. The fourth-order valence-corrected chi connectivity index (χ4v) is 4.08. The van der Waals surface area contributed by atoms with Gasteiger partial charge in [-0.2, -0.15) is 0 Å². The van der Waals surface area contributed by atoms with E-state index in [4.69, 9.17) is 5.41 Å². The van der Waals surface area contributed by atoms with Crippen LogP contribution >= 0.6 is 11.3 Å². The van der Waals surface area contributed by atoms with E-state index in [1.165, 1.54) is 11.3 Å². The number of amidine groups is 1. The lowest BCUT2D eigenvalue weighted by Gasteiger charge is -2.26. The molecule has 2 aromatic carbocycles. The van der Waals surface area contributed by atoms with Crippen molar-refractivity contribution in [1.82, 2.24) is 9.88 Å². The summed E-state index contributed by atoms with van der Waals surface area (Å²) >= 11 is 1.52. The van der Waals surface area contributed by atoms with E-state index in [1.54, 1.807) is 0 Å². The van der Waals surface area contributed by atoms with Crippen molar-refractivity contribution >= 4 is 33.0 Å². The summed E-state index contributed by atoms with van der Waals surface area (Å²) in [5.74, 6) is 0.560. The number of para-hydroxylation sites is 1. The van der Waals surface area contributed by atoms with Gasteiger partial charge in [0, 0.05) is 0 Å². The number of fused-ring (bicyclic) bond motifs is 1. The molecule has 0 radical (unpaired) electrons. The number of benzene rings is 2. The van der Waals surface area contributed by atoms with Crippen LogP contribution in [-0.4, -0.2) is 27.4 Å². The van der Waals surface area contributed by atoms with Gasteiger partial charge in [-0.05, 0) is 24.6 Å². The second kappa shape index (κ2) is 5.76. The molecule has 4 rings (SSSR count). The third-order valence-electron chi connectivity index (χ3n) is 4.39. The first-order valence-corrected chi connectivity index (χ1v) is 8.65. The molecule has 0 saturated heterocycles. The number of aliphatic hydroxyl groups excluding tert-OH is 1. The Balaban J connectivity index is 1.68. The molecular weight excluding hydrogens is 318 g/mol. The minimum Gasteiger partial charge on any atom is -0.510 e. The maximum Gasteiger partial charge on any atom is 0.135 e. The van der Waals surface area contributed by atoms with Gasteiger partial charge in [-0.15, -0.1) is 11.3 Å². The van der Waals surface area contributed by atoms with Gasteiger partial charge in [0.2, 0.25) is 0 Å². The first kappa shape index (κ1) is 14.9. The van der Waals surface area contributed by atoms with Gasteiger partial charge in [0.05, 0.1) is 28.4 Å². The summed E-state index contributed by atoms with van der Waals surface area (Å²) in [6.07, 6.45) is 0. The van der Waals surface area contributed by atoms with E-state index >= 15 is 0 Å². The van der Waals surface area contributed by atoms with Crippen LogP contribution in [0.15, 0.2) is 60.4 Å². The predicted molar refractivity (Wildman–Crippen MR) is 98.5 cm³/mol. The SMILES string of the molecule is C[C@H](c1ccccc1)N1CC(O)=C(c2nc3ccccc3s2)C1=N. The molecule has 1 aliphatic rings. The molecule has 0 fully saturated rings. The van der Waals surface area contributed by atoms with Crippen molar-refractivity contribution in [3.63, 3.8) is 0 Å². The average Bonchev–Trinajstić information content (AvgIpc) is 3.15. The monoisotopic (exact) mass is 335 g/mol. The Morgan fingerprint density at radius 1 is 1.12 bits per heavy atom. The van der Waals surface area contributed by atoms with Gasteiger partial charge in [-0.3, -0.25) is 5.41 Å². The van der Waals surface area contributed by atoms with Crippen molar-refractivity contribution in [3.8, 4) is 0 Å². The summed E-state index contributed by atoms with van der Waals surface area (Å²) in [5.41, 5.74) is 2.58. The molecule has 2 heterocycles. The van der Waals surface area contributed by atoms with E-state index < -0.39 is 0 Å². The van der Waals surface area contributed by atoms with Crippen LogP contribution in [0, 0.1) is 5.41 Å². The third-order valence-corrected chi connectivity index (χ3v) is 5.44. The zero-order chi connectivity index (χ0) is 16.7. The highest BCUT2D eigenvalue weighted by atomic mass is 32.1. The number of hydrogen-bond acceptors (Lipinski definition) is 4. The lowest BCUT2D eigenvalue weighted by Crippen LogP contribution is -2.29. The van der Waals surface area contributed by atoms with Gasteiger partial charge in [0.25, 0.3) is 0 Å². The standard InChI is InChI=1S/C19H17N3OS/c1-12(13-7-3-2-4-8-13)22-11-15(23)17(18(22)20)19-21-14-9-5-6-10-16(14)24-19/h2-10,12,20,23H,11H2,1H3/t12-/m1/s1. The van der Waals surface area contributed by atoms with Crippen LogP contribution in [0.4, 0.5) is 0 Å². The van der Waals surface area contributed by atoms with Crippen LogP contribution in [0.1, 0.15) is 23.5 Å². The summed E-state index contributed by atoms with van der Waals surface area (Å²) < 4.78 is 1.06. The molecule has 1 aliphatic heterocycles. The number of aliphatic hydroxyl groups is 1. The Bertz CT molecular complexity index is 912. The summed E-state index contributed by atoms with van der Waals surface area (Å²) in [5, 5.41) is 19.7. The second-order valence-electron chi connectivity index (χ2n) is 5.87. The maximum absolute atomic E-state index is 10.5. The van der Waals surface area contributed by atoms with Gasteiger partial charge in [-0.25, -0.2) is 4.98 Å². The Morgan fingerprint density at radius 2 is 1.83 bits per heavy atom. The number of aromatic nitrogens is 1. The number of nitrogens with zero attached hydrogens (tertiary/aromatic N) is 2. The van der Waals surface area contributed by atoms with Gasteiger partial charge in [-0.1, -0.05) is 42.5 Å². The molecule has 1 aromatic heterocycles. The van der Waals surface area contributed by atoms with Crippen molar-refractivity contribution in [2.24, 2.45) is 0 Å². The molecule has 1 atom stereocenters. The van der Waals surface area contributed by atoms with Gasteiger partial charge in [0.15, 0.2) is 0 Å². The zero-order valence-electron chi connectivity index (χ0n) is 13.2. The highest BCUT2D eigenvalue weighted by Gasteiger charge is 2.33. The highest BCUT2D eigenvalue weighted by Crippen LogP contribution is 2.36. The van der Waals surface area contributed by atoms with E-state index in [9.17, 15) is 5.11 Å². The van der Waals surface area contributed by atoms with Crippen molar-refractivity contribution in [2.75, 3.05) is 6.54 Å². The number of hydrogen-bond donors (Lipinski definition) is 2. The lowest BCUT2D eigenvalue weighted by atomic mass is 10.1. The van der Waals surface area contributed by atoms with E-state index in [2.05, 4.69) is 11.9 Å². The molecule has 5 heteroatoms. The molecule has 0 bridgehead atoms. The fourth-order valence-electron chi connectivity index (χ4n) is 3.05. The minimum atomic E-state index is 0.0210. The molecule has 0 aliphatic carbocycles. The summed E-state index contributed by atoms with van der Waals surface area (Å²) in [6.45, 7) is 2.40. The molecule has 3 aromatic rings. The normalized spacial score (nSPS) is 16.2. The Labute approximate surface area is 144 Å². The Hall–Kier alpha value is -2.66. The van der Waals surface area contributed by atoms with E-state index in [1.807, 2.05) is 59.5 Å². The number of thiazole rings is 1. The van der Waals surface area contributed by atoms with Crippen LogP contribution in [-0.2, 0) is 0 Å². The van der Waals surface area contributed by atoms with Crippen LogP contribution in [0.25, 0.3) is 15.8 Å². The molecular formula is C19H17N3OS. The van der Waals surface area contributed by atoms with Crippen LogP contribution in [0.5, 0.6) is 0 Å². The smallest absolute Gasteiger partial charge is 0.135 e. The third kappa shape index (κ3) is 2.37. The van der Waals surface area contributed by atoms with Gasteiger partial charge in [0.1, 0.15) is 16.6 Å². The quantitative estimate of drug-likeness (QED) is 0.734. The summed E-state index contributed by atoms with van der Waals surface area (Å²) in [4.78, 5) is 6.50. The average molecular weight is 335 g/mol. The van der Waals surface area contributed by atoms with E-state index in [-0.39, 0.29) is 11.8 Å². The Kier molecular flexibility index (Phi) is 3.58. The van der Waals surface area contributed by atoms with Crippen LogP contribution < -0.4 is 0 Å². The minimum absolute atomic E-state index is 0.0210. The van der Waals surface area contributed by atoms with Crippen molar-refractivity contribution in [3.05, 3.63) is 70.9 Å². The van der Waals surface area contributed by atoms with Gasteiger partial charge >= 0.3 is 0 Å². The van der Waals surface area contributed by atoms with E-state index in [0.717, 1.165) is 15.8 Å². The zero-order valence-corrected chi connectivity index (χ0v) is 14.0. The largest absolute Gasteiger partial charge is 0.510 e. The first-order valence-electron chi connectivity index (χ1n) is 7.83. The summed E-state index contributed by atoms with van der Waals surface area (Å²) in [6, 6.07) is 18.0. The van der Waals surface area contributed by atoms with Gasteiger partial charge < -0.3 is 10.0 Å². The number of rotatable bonds is 3. The van der Waals surface area contributed by atoms with Crippen molar-refractivity contribution in [1.29, 1.82) is 5.41 Å². The molecule has 0 amide bonds. The first-order chi connectivity index (χ1) is 11.6. The molecule has 0 spiro atoms. The maximum atomic E-state index is 10.5. The predicted octanol–water partition coefficient (Wildman–Crippen LogP) is 4.62. The van der Waals surface area contributed by atoms with Crippen molar-refractivity contribution in [2.45, 2.75) is 13.0 Å². The van der Waals surface area contributed by atoms with Crippen LogP contribution in [0.3, 0.4) is 0 Å². The van der Waals surface area contributed by atoms with Crippen LogP contribution in [0.2, 0.25) is 0 Å². The topological polar surface area (TPSA) is 60.2 Å².